The fraction of sp³-hybridized carbons (Fsp3) is 0.381. The van der Waals surface area contributed by atoms with Crippen molar-refractivity contribution in [3.63, 3.8) is 0 Å². The molecule has 1 aromatic carbocycles. The van der Waals surface area contributed by atoms with Crippen LogP contribution in [-0.2, 0) is 24.8 Å². The molecule has 28 heavy (non-hydrogen) atoms. The standard InChI is InChI=1S/C21H23ClN4O2/c1-21(2,3)28-20(27)26-10-7-13-5-6-14(11-15(13)12-26)17-16-8-9-25(4)18(16)24-19(22)23-17/h5-6,8-9,11H,7,10,12H2,1-4H3. The average Bonchev–Trinajstić information content (AvgIpc) is 2.99. The van der Waals surface area contributed by atoms with Gasteiger partial charge in [-0.25, -0.2) is 9.78 Å². The maximum absolute atomic E-state index is 12.5. The zero-order valence-electron chi connectivity index (χ0n) is 16.5. The summed E-state index contributed by atoms with van der Waals surface area (Å²) in [6.07, 6.45) is 2.47. The van der Waals surface area contributed by atoms with Crippen LogP contribution in [0.4, 0.5) is 4.79 Å². The van der Waals surface area contributed by atoms with E-state index in [1.54, 1.807) is 4.90 Å². The highest BCUT2D eigenvalue weighted by atomic mass is 35.5. The molecule has 0 atom stereocenters. The van der Waals surface area contributed by atoms with E-state index in [4.69, 9.17) is 16.3 Å². The van der Waals surface area contributed by atoms with Crippen LogP contribution in [0.15, 0.2) is 30.5 Å². The molecule has 146 valence electrons. The second-order valence-electron chi connectivity index (χ2n) is 8.14. The largest absolute Gasteiger partial charge is 0.444 e. The molecule has 1 aliphatic rings. The Kier molecular flexibility index (Phi) is 4.54. The summed E-state index contributed by atoms with van der Waals surface area (Å²) in [5.41, 5.74) is 4.40. The number of rotatable bonds is 1. The van der Waals surface area contributed by atoms with E-state index in [1.165, 1.54) is 5.56 Å². The first-order valence-corrected chi connectivity index (χ1v) is 9.68. The first-order chi connectivity index (χ1) is 13.2. The average molecular weight is 399 g/mol. The highest BCUT2D eigenvalue weighted by molar-refractivity contribution is 6.28. The van der Waals surface area contributed by atoms with Crippen molar-refractivity contribution in [3.8, 4) is 11.3 Å². The van der Waals surface area contributed by atoms with E-state index in [-0.39, 0.29) is 11.4 Å². The molecule has 0 spiro atoms. The van der Waals surface area contributed by atoms with Gasteiger partial charge in [-0.1, -0.05) is 12.1 Å². The second kappa shape index (κ2) is 6.78. The number of aryl methyl sites for hydroxylation is 1. The smallest absolute Gasteiger partial charge is 0.410 e. The van der Waals surface area contributed by atoms with Crippen LogP contribution in [0.2, 0.25) is 5.28 Å². The first-order valence-electron chi connectivity index (χ1n) is 9.30. The molecule has 1 aliphatic heterocycles. The highest BCUT2D eigenvalue weighted by Gasteiger charge is 2.26. The molecule has 6 nitrogen and oxygen atoms in total. The molecule has 0 aliphatic carbocycles. The molecule has 0 bridgehead atoms. The van der Waals surface area contributed by atoms with Gasteiger partial charge in [0.15, 0.2) is 0 Å². The molecule has 2 aromatic heterocycles. The van der Waals surface area contributed by atoms with Crippen molar-refractivity contribution in [1.29, 1.82) is 0 Å². The Bertz CT molecular complexity index is 1070. The molecule has 0 fully saturated rings. The Morgan fingerprint density at radius 1 is 1.18 bits per heavy atom. The molecule has 4 rings (SSSR count). The Hall–Kier alpha value is -2.60. The summed E-state index contributed by atoms with van der Waals surface area (Å²) in [6.45, 7) is 6.82. The lowest BCUT2D eigenvalue weighted by atomic mass is 9.96. The van der Waals surface area contributed by atoms with Crippen molar-refractivity contribution in [2.45, 2.75) is 39.3 Å². The molecular formula is C21H23ClN4O2. The third-order valence-electron chi connectivity index (χ3n) is 4.84. The third-order valence-corrected chi connectivity index (χ3v) is 5.01. The fourth-order valence-corrected chi connectivity index (χ4v) is 3.68. The summed E-state index contributed by atoms with van der Waals surface area (Å²) < 4.78 is 7.46. The summed E-state index contributed by atoms with van der Waals surface area (Å²) in [4.78, 5) is 23.0. The van der Waals surface area contributed by atoms with Crippen LogP contribution < -0.4 is 0 Å². The van der Waals surface area contributed by atoms with E-state index in [1.807, 2.05) is 44.6 Å². The molecule has 0 N–H and O–H groups in total. The zero-order valence-corrected chi connectivity index (χ0v) is 17.2. The number of aromatic nitrogens is 3. The number of carbonyl (C=O) groups excluding carboxylic acids is 1. The van der Waals surface area contributed by atoms with Crippen LogP contribution in [-0.4, -0.2) is 37.7 Å². The minimum absolute atomic E-state index is 0.220. The normalized spacial score (nSPS) is 14.2. The van der Waals surface area contributed by atoms with Gasteiger partial charge in [0.25, 0.3) is 0 Å². The lowest BCUT2D eigenvalue weighted by molar-refractivity contribution is 0.0224. The maximum atomic E-state index is 12.5. The van der Waals surface area contributed by atoms with Crippen LogP contribution in [0.25, 0.3) is 22.3 Å². The number of halogens is 1. The SMILES string of the molecule is Cn1ccc2c(-c3ccc4c(c3)CN(C(=O)OC(C)(C)C)CC4)nc(Cl)nc21. The van der Waals surface area contributed by atoms with Gasteiger partial charge < -0.3 is 14.2 Å². The minimum atomic E-state index is -0.504. The number of fused-ring (bicyclic) bond motifs is 2. The maximum Gasteiger partial charge on any atom is 0.410 e. The number of hydrogen-bond acceptors (Lipinski definition) is 4. The highest BCUT2D eigenvalue weighted by Crippen LogP contribution is 2.31. The number of amides is 1. The van der Waals surface area contributed by atoms with E-state index in [0.717, 1.165) is 34.3 Å². The van der Waals surface area contributed by atoms with Crippen molar-refractivity contribution in [3.05, 3.63) is 46.9 Å². The predicted octanol–water partition coefficient (Wildman–Crippen LogP) is 4.58. The lowest BCUT2D eigenvalue weighted by Gasteiger charge is -2.31. The van der Waals surface area contributed by atoms with Gasteiger partial charge in [-0.3, -0.25) is 0 Å². The Labute approximate surface area is 169 Å². The molecule has 1 amide bonds. The van der Waals surface area contributed by atoms with Crippen LogP contribution in [0.3, 0.4) is 0 Å². The molecule has 7 heteroatoms. The van der Waals surface area contributed by atoms with E-state index >= 15 is 0 Å². The summed E-state index contributed by atoms with van der Waals surface area (Å²) >= 11 is 6.17. The van der Waals surface area contributed by atoms with E-state index in [2.05, 4.69) is 28.2 Å². The third kappa shape index (κ3) is 3.56. The second-order valence-corrected chi connectivity index (χ2v) is 8.48. The molecule has 3 heterocycles. The first kappa shape index (κ1) is 18.7. The van der Waals surface area contributed by atoms with E-state index < -0.39 is 5.60 Å². The quantitative estimate of drug-likeness (QED) is 0.563. The van der Waals surface area contributed by atoms with Crippen molar-refractivity contribution in [2.24, 2.45) is 7.05 Å². The summed E-state index contributed by atoms with van der Waals surface area (Å²) in [6, 6.07) is 8.26. The van der Waals surface area contributed by atoms with Gasteiger partial charge in [0.1, 0.15) is 11.2 Å². The van der Waals surface area contributed by atoms with Gasteiger partial charge in [0.05, 0.1) is 5.69 Å². The predicted molar refractivity (Wildman–Crippen MR) is 109 cm³/mol. The number of carbonyl (C=O) groups is 1. The Balaban J connectivity index is 1.69. The molecule has 0 saturated heterocycles. The van der Waals surface area contributed by atoms with Gasteiger partial charge in [-0.15, -0.1) is 0 Å². The van der Waals surface area contributed by atoms with Gasteiger partial charge in [-0.2, -0.15) is 4.98 Å². The minimum Gasteiger partial charge on any atom is -0.444 e. The van der Waals surface area contributed by atoms with E-state index in [9.17, 15) is 4.79 Å². The molecule has 0 saturated carbocycles. The van der Waals surface area contributed by atoms with Gasteiger partial charge in [0.2, 0.25) is 5.28 Å². The van der Waals surface area contributed by atoms with Crippen molar-refractivity contribution < 1.29 is 9.53 Å². The number of ether oxygens (including phenoxy) is 1. The van der Waals surface area contributed by atoms with Gasteiger partial charge in [-0.05, 0) is 62.1 Å². The van der Waals surface area contributed by atoms with Crippen molar-refractivity contribution in [2.75, 3.05) is 6.54 Å². The van der Waals surface area contributed by atoms with E-state index in [0.29, 0.717) is 13.1 Å². The van der Waals surface area contributed by atoms with Crippen LogP contribution in [0.5, 0.6) is 0 Å². The topological polar surface area (TPSA) is 60.2 Å². The molecular weight excluding hydrogens is 376 g/mol. The number of hydrogen-bond donors (Lipinski definition) is 0. The molecule has 0 radical (unpaired) electrons. The number of nitrogens with zero attached hydrogens (tertiary/aromatic N) is 4. The van der Waals surface area contributed by atoms with Crippen molar-refractivity contribution in [1.82, 2.24) is 19.4 Å². The monoisotopic (exact) mass is 398 g/mol. The van der Waals surface area contributed by atoms with Gasteiger partial charge in [0, 0.05) is 37.3 Å². The summed E-state index contributed by atoms with van der Waals surface area (Å²) in [5.74, 6) is 0. The summed E-state index contributed by atoms with van der Waals surface area (Å²) in [7, 11) is 1.93. The lowest BCUT2D eigenvalue weighted by Crippen LogP contribution is -2.39. The van der Waals surface area contributed by atoms with Crippen LogP contribution >= 0.6 is 11.6 Å². The van der Waals surface area contributed by atoms with Gasteiger partial charge >= 0.3 is 6.09 Å². The Morgan fingerprint density at radius 3 is 2.71 bits per heavy atom. The van der Waals surface area contributed by atoms with Crippen LogP contribution in [0.1, 0.15) is 31.9 Å². The van der Waals surface area contributed by atoms with Crippen LogP contribution in [0, 0.1) is 0 Å². The number of benzene rings is 1. The van der Waals surface area contributed by atoms with Crippen molar-refractivity contribution >= 4 is 28.7 Å². The summed E-state index contributed by atoms with van der Waals surface area (Å²) in [5, 5.41) is 1.17. The zero-order chi connectivity index (χ0) is 20.1. The fourth-order valence-electron chi connectivity index (χ4n) is 3.52. The molecule has 3 aromatic rings. The molecule has 0 unspecified atom stereocenters. The Morgan fingerprint density at radius 2 is 1.96 bits per heavy atom.